The number of methoxy groups -OCH3 is 2. The van der Waals surface area contributed by atoms with Gasteiger partial charge in [0.2, 0.25) is 0 Å². The van der Waals surface area contributed by atoms with Crippen LogP contribution in [-0.4, -0.2) is 93.1 Å². The number of esters is 2. The number of halogens is 3. The number of hydrogen-bond donors (Lipinski definition) is 2. The van der Waals surface area contributed by atoms with Gasteiger partial charge in [-0.1, -0.05) is 83.3 Å². The van der Waals surface area contributed by atoms with Crippen LogP contribution in [-0.2, 0) is 51.2 Å². The van der Waals surface area contributed by atoms with Crippen LogP contribution in [0.3, 0.4) is 0 Å². The van der Waals surface area contributed by atoms with E-state index in [1.165, 1.54) is 14.2 Å². The van der Waals surface area contributed by atoms with Crippen LogP contribution in [0.25, 0.3) is 66.5 Å². The molecule has 2 N–H and O–H groups in total. The number of nitrogens with one attached hydrogen (secondary N) is 1. The number of aromatic nitrogens is 8. The first-order valence-electron chi connectivity index (χ1n) is 33.0. The molecule has 8 heterocycles. The number of carbonyl (C=O) groups excluding carboxylic acids is 2. The van der Waals surface area contributed by atoms with Crippen molar-refractivity contribution >= 4 is 85.8 Å². The van der Waals surface area contributed by atoms with Crippen LogP contribution in [0.1, 0.15) is 159 Å². The number of hydrogen-bond acceptors (Lipinski definition) is 13. The minimum Gasteiger partial charge on any atom is -0.479 e. The Morgan fingerprint density at radius 2 is 0.800 bits per heavy atom. The normalized spacial score (nSPS) is 12.8. The van der Waals surface area contributed by atoms with Gasteiger partial charge in [-0.05, 0) is 218 Å². The third kappa shape index (κ3) is 16.6. The summed E-state index contributed by atoms with van der Waals surface area (Å²) in [7, 11) is 2.75. The number of aliphatic carboxylic acids is 1. The Morgan fingerprint density at radius 1 is 0.470 bits per heavy atom. The van der Waals surface area contributed by atoms with Crippen molar-refractivity contribution in [3.05, 3.63) is 216 Å². The van der Waals surface area contributed by atoms with E-state index < -0.39 is 53.0 Å². The lowest BCUT2D eigenvalue weighted by molar-refractivity contribution is -0.164. The molecule has 524 valence electrons. The summed E-state index contributed by atoms with van der Waals surface area (Å²) in [5.74, 6) is -1.97. The van der Waals surface area contributed by atoms with Gasteiger partial charge >= 0.3 is 17.9 Å². The Balaban J connectivity index is 0.000000176. The molecule has 17 nitrogen and oxygen atoms in total. The van der Waals surface area contributed by atoms with Crippen molar-refractivity contribution < 1.29 is 43.2 Å². The first-order valence-corrected chi connectivity index (χ1v) is 34.1. The molecule has 3 aromatic carbocycles. The smallest absolute Gasteiger partial charge is 0.339 e. The second-order valence-electron chi connectivity index (χ2n) is 28.0. The molecule has 0 aliphatic rings. The van der Waals surface area contributed by atoms with E-state index >= 15 is 0 Å². The summed E-state index contributed by atoms with van der Waals surface area (Å²) in [5.41, 5.74) is 18.5. The SMILES string of the molecule is COC(=O)C(OC(C)(C)C)c1c(C)nc2[nH]c(C)c(C)c2c1-c1ccc(Cl)cc1.COC(=O)C(OC(C)(C)C)c1c(C)nc2c(c(C)c(C)n2Cc2cccnc2)c1-c1ccc(Cl)cc1.Cc1nc2c(c(C)c(C)n2Cc2cccnc2)c(-c2ccc(Cl)cc2)c1C(OC(C)(C)C)C(=O)O. The molecular formula is C80H89Cl3N8O9. The van der Waals surface area contributed by atoms with Gasteiger partial charge in [0, 0.05) is 124 Å². The van der Waals surface area contributed by atoms with Crippen LogP contribution in [0, 0.1) is 62.3 Å². The summed E-state index contributed by atoms with van der Waals surface area (Å²) in [5, 5.41) is 15.0. The monoisotopic (exact) mass is 1410 g/mol. The molecule has 0 spiro atoms. The van der Waals surface area contributed by atoms with Gasteiger partial charge < -0.3 is 42.9 Å². The number of aromatic amines is 1. The molecule has 11 rings (SSSR count). The standard InChI is InChI=1S/C29H32ClN3O3.C28H30ClN3O3.C23H27ClN2O3/c1-17-19(3)33(16-20-9-8-14-31-15-20)27-23(17)25(21-10-12-22(30)13-11-21)24(18(2)32-27)26(28(34)35-7)36-29(4,5)6;1-16-18(3)32(15-19-8-7-13-30-14-19)26-22(16)24(20-9-11-21(29)12-10-20)23(17(2)31-26)25(27(33)34)35-28(4,5)6;1-12-13(2)25-21-17(12)19(15-8-10-16(24)11-9-15)18(14(3)26-21)20(22(27)28-7)29-23(4,5)6/h8-15,26H,16H2,1-7H3;7-14,25H,15H2,1-6H3,(H,33,34);8-11,20H,1-7H3,(H,25,26). The second kappa shape index (κ2) is 30.6. The predicted molar refractivity (Wildman–Crippen MR) is 399 cm³/mol. The van der Waals surface area contributed by atoms with E-state index in [4.69, 9.17) is 73.4 Å². The maximum Gasteiger partial charge on any atom is 0.339 e. The van der Waals surface area contributed by atoms with Gasteiger partial charge in [-0.15, -0.1) is 0 Å². The lowest BCUT2D eigenvalue weighted by atomic mass is 9.91. The van der Waals surface area contributed by atoms with Gasteiger partial charge in [0.25, 0.3) is 0 Å². The molecule has 3 atom stereocenters. The van der Waals surface area contributed by atoms with E-state index in [9.17, 15) is 19.5 Å². The largest absolute Gasteiger partial charge is 0.479 e. The first kappa shape index (κ1) is 75.4. The quantitative estimate of drug-likeness (QED) is 0.0863. The summed E-state index contributed by atoms with van der Waals surface area (Å²) < 4.78 is 33.3. The zero-order valence-electron chi connectivity index (χ0n) is 60.7. The summed E-state index contributed by atoms with van der Waals surface area (Å²) in [6.07, 6.45) is 4.20. The maximum atomic E-state index is 13.1. The predicted octanol–water partition coefficient (Wildman–Crippen LogP) is 19.3. The molecule has 8 aromatic heterocycles. The van der Waals surface area contributed by atoms with Crippen LogP contribution in [0.15, 0.2) is 122 Å². The topological polar surface area (TPSA) is 208 Å². The third-order valence-corrected chi connectivity index (χ3v) is 18.2. The second-order valence-corrected chi connectivity index (χ2v) is 29.3. The zero-order chi connectivity index (χ0) is 73.2. The van der Waals surface area contributed by atoms with Crippen LogP contribution >= 0.6 is 34.8 Å². The number of carbonyl (C=O) groups is 3. The minimum atomic E-state index is -1.18. The summed E-state index contributed by atoms with van der Waals surface area (Å²) in [6.45, 7) is 36.3. The van der Waals surface area contributed by atoms with Gasteiger partial charge in [0.1, 0.15) is 16.9 Å². The third-order valence-electron chi connectivity index (χ3n) is 17.4. The van der Waals surface area contributed by atoms with Gasteiger partial charge in [0.05, 0.1) is 44.1 Å². The number of carboxylic acid groups (broad SMARTS) is 1. The maximum absolute atomic E-state index is 13.1. The molecule has 0 radical (unpaired) electrons. The molecule has 3 unspecified atom stereocenters. The molecule has 20 heteroatoms. The molecule has 0 saturated heterocycles. The Bertz CT molecular complexity index is 4820. The molecule has 0 saturated carbocycles. The molecule has 0 aliphatic carbocycles. The molecule has 100 heavy (non-hydrogen) atoms. The lowest BCUT2D eigenvalue weighted by Crippen LogP contribution is -2.29. The zero-order valence-corrected chi connectivity index (χ0v) is 62.9. The number of fused-ring (bicyclic) bond motifs is 3. The fraction of sp³-hybridized carbons (Fsp3) is 0.350. The average molecular weight is 1410 g/mol. The number of aryl methyl sites for hydroxylation is 7. The molecule has 0 fully saturated rings. The van der Waals surface area contributed by atoms with E-state index in [0.717, 1.165) is 111 Å². The summed E-state index contributed by atoms with van der Waals surface area (Å²) >= 11 is 18.6. The molecule has 0 aliphatic heterocycles. The number of rotatable bonds is 16. The van der Waals surface area contributed by atoms with Crippen molar-refractivity contribution in [2.24, 2.45) is 0 Å². The fourth-order valence-corrected chi connectivity index (χ4v) is 13.0. The number of benzene rings is 3. The molecular weight excluding hydrogens is 1320 g/mol. The van der Waals surface area contributed by atoms with Gasteiger partial charge in [0.15, 0.2) is 18.3 Å². The van der Waals surface area contributed by atoms with Crippen molar-refractivity contribution in [3.63, 3.8) is 0 Å². The van der Waals surface area contributed by atoms with E-state index in [-0.39, 0.29) is 0 Å². The van der Waals surface area contributed by atoms with E-state index in [2.05, 4.69) is 57.8 Å². The molecule has 0 bridgehead atoms. The van der Waals surface area contributed by atoms with Crippen LogP contribution in [0.4, 0.5) is 0 Å². The Morgan fingerprint density at radius 3 is 1.12 bits per heavy atom. The molecule has 11 aromatic rings. The number of nitrogens with zero attached hydrogens (tertiary/aromatic N) is 7. The van der Waals surface area contributed by atoms with Crippen LogP contribution in [0.5, 0.6) is 0 Å². The summed E-state index contributed by atoms with van der Waals surface area (Å²) in [6, 6.07) is 30.7. The van der Waals surface area contributed by atoms with Gasteiger partial charge in [-0.25, -0.2) is 29.3 Å². The van der Waals surface area contributed by atoms with Crippen LogP contribution in [0.2, 0.25) is 15.1 Å². The highest BCUT2D eigenvalue weighted by molar-refractivity contribution is 6.31. The number of ether oxygens (including phenoxy) is 5. The minimum absolute atomic E-state index is 0.454. The Labute approximate surface area is 600 Å². The van der Waals surface area contributed by atoms with Crippen molar-refractivity contribution in [1.29, 1.82) is 0 Å². The Hall–Kier alpha value is -8.81. The van der Waals surface area contributed by atoms with Gasteiger partial charge in [-0.3, -0.25) is 9.97 Å². The van der Waals surface area contributed by atoms with Crippen molar-refractivity contribution in [3.8, 4) is 33.4 Å². The van der Waals surface area contributed by atoms with E-state index in [1.807, 2.05) is 200 Å². The first-order chi connectivity index (χ1) is 47.0. The van der Waals surface area contributed by atoms with Crippen molar-refractivity contribution in [2.45, 2.75) is 173 Å². The average Bonchev–Trinajstić information content (AvgIpc) is 1.53. The van der Waals surface area contributed by atoms with E-state index in [0.29, 0.717) is 61.9 Å². The highest BCUT2D eigenvalue weighted by Crippen LogP contribution is 2.46. The Kier molecular flexibility index (Phi) is 23.0. The highest BCUT2D eigenvalue weighted by atomic mass is 35.5. The van der Waals surface area contributed by atoms with Crippen molar-refractivity contribution in [2.75, 3.05) is 14.2 Å². The highest BCUT2D eigenvalue weighted by Gasteiger charge is 2.38. The fourth-order valence-electron chi connectivity index (χ4n) is 12.6. The lowest BCUT2D eigenvalue weighted by Gasteiger charge is -2.29. The van der Waals surface area contributed by atoms with E-state index in [1.54, 1.807) is 12.4 Å². The van der Waals surface area contributed by atoms with Crippen LogP contribution < -0.4 is 0 Å². The summed E-state index contributed by atoms with van der Waals surface area (Å²) in [4.78, 5) is 65.1. The van der Waals surface area contributed by atoms with Gasteiger partial charge in [-0.2, -0.15) is 0 Å². The van der Waals surface area contributed by atoms with Crippen molar-refractivity contribution in [1.82, 2.24) is 39.0 Å². The molecule has 0 amide bonds. The number of pyridine rings is 5. The number of carboxylic acids is 1. The number of H-pyrrole nitrogens is 1.